The van der Waals surface area contributed by atoms with Crippen LogP contribution in [0.4, 0.5) is 0 Å². The maximum atomic E-state index is 12.3. The van der Waals surface area contributed by atoms with E-state index in [-0.39, 0.29) is 17.6 Å². The monoisotopic (exact) mass is 482 g/mol. The zero-order valence-electron chi connectivity index (χ0n) is 19.7. The van der Waals surface area contributed by atoms with Gasteiger partial charge in [-0.05, 0) is 36.3 Å². The number of likely N-dealkylation sites (N-methyl/N-ethyl adjacent to an activating group) is 1. The van der Waals surface area contributed by atoms with Crippen molar-refractivity contribution in [3.63, 3.8) is 0 Å². The summed E-state index contributed by atoms with van der Waals surface area (Å²) in [6.45, 7) is 5.59. The van der Waals surface area contributed by atoms with Crippen LogP contribution >= 0.6 is 11.3 Å². The van der Waals surface area contributed by atoms with Crippen molar-refractivity contribution in [1.29, 1.82) is 0 Å². The number of amidine groups is 1. The van der Waals surface area contributed by atoms with Crippen LogP contribution in [0.25, 0.3) is 10.4 Å². The van der Waals surface area contributed by atoms with Crippen molar-refractivity contribution in [2.45, 2.75) is 19.5 Å². The molecule has 10 N–H and O–H groups in total. The molecule has 0 radical (unpaired) electrons. The lowest BCUT2D eigenvalue weighted by Crippen LogP contribution is -2.44. The third kappa shape index (κ3) is 5.96. The fraction of sp³-hybridized carbons (Fsp3) is 0.333. The molecule has 1 saturated heterocycles. The zero-order chi connectivity index (χ0) is 24.7. The van der Waals surface area contributed by atoms with Crippen molar-refractivity contribution in [2.75, 3.05) is 33.2 Å². The SMILES string of the molecule is CNC(=O)/C(N)=C(/C=C(\N)N1CCNCC1)C(N)=N[C@H](C)c1ccc(-c2ccccc2CN)s1. The van der Waals surface area contributed by atoms with Crippen LogP contribution in [0, 0.1) is 0 Å². The predicted molar refractivity (Wildman–Crippen MR) is 140 cm³/mol. The van der Waals surface area contributed by atoms with Crippen LogP contribution in [0.3, 0.4) is 0 Å². The van der Waals surface area contributed by atoms with Crippen molar-refractivity contribution in [2.24, 2.45) is 27.9 Å². The van der Waals surface area contributed by atoms with Gasteiger partial charge in [0.15, 0.2) is 0 Å². The van der Waals surface area contributed by atoms with Gasteiger partial charge in [0.1, 0.15) is 11.5 Å². The smallest absolute Gasteiger partial charge is 0.267 e. The Hall–Kier alpha value is -3.34. The molecule has 1 aliphatic rings. The number of carbonyl (C=O) groups is 1. The highest BCUT2D eigenvalue weighted by atomic mass is 32.1. The maximum Gasteiger partial charge on any atom is 0.267 e. The third-order valence-corrected chi connectivity index (χ3v) is 6.97. The topological polar surface area (TPSA) is 161 Å². The lowest BCUT2D eigenvalue weighted by atomic mass is 10.1. The number of benzene rings is 1. The first-order valence-electron chi connectivity index (χ1n) is 11.2. The van der Waals surface area contributed by atoms with Crippen LogP contribution in [0.2, 0.25) is 0 Å². The van der Waals surface area contributed by atoms with E-state index in [1.165, 1.54) is 7.05 Å². The van der Waals surface area contributed by atoms with Crippen molar-refractivity contribution in [3.05, 3.63) is 70.0 Å². The second kappa shape index (κ2) is 11.7. The molecule has 1 aromatic heterocycles. The average molecular weight is 483 g/mol. The molecule has 2 aromatic rings. The number of hydrogen-bond donors (Lipinski definition) is 6. The van der Waals surface area contributed by atoms with E-state index in [9.17, 15) is 4.79 Å². The lowest BCUT2D eigenvalue weighted by Gasteiger charge is -2.29. The first-order chi connectivity index (χ1) is 16.3. The Labute approximate surface area is 204 Å². The molecule has 0 aliphatic carbocycles. The number of carbonyl (C=O) groups excluding carboxylic acids is 1. The highest BCUT2D eigenvalue weighted by Crippen LogP contribution is 2.34. The predicted octanol–water partition coefficient (Wildman–Crippen LogP) is 0.956. The fourth-order valence-corrected chi connectivity index (χ4v) is 4.77. The summed E-state index contributed by atoms with van der Waals surface area (Å²) >= 11 is 1.63. The van der Waals surface area contributed by atoms with E-state index in [0.29, 0.717) is 17.9 Å². The number of amides is 1. The minimum Gasteiger partial charge on any atom is -0.394 e. The number of rotatable bonds is 8. The van der Waals surface area contributed by atoms with E-state index < -0.39 is 5.91 Å². The van der Waals surface area contributed by atoms with Gasteiger partial charge in [-0.2, -0.15) is 0 Å². The number of thiophene rings is 1. The van der Waals surface area contributed by atoms with Crippen LogP contribution in [0.5, 0.6) is 0 Å². The summed E-state index contributed by atoms with van der Waals surface area (Å²) in [7, 11) is 1.51. The molecule has 1 aromatic carbocycles. The normalized spacial score (nSPS) is 16.7. The molecule has 0 saturated carbocycles. The Morgan fingerprint density at radius 3 is 2.59 bits per heavy atom. The molecule has 0 unspecified atom stereocenters. The van der Waals surface area contributed by atoms with Gasteiger partial charge < -0.3 is 38.5 Å². The fourth-order valence-electron chi connectivity index (χ4n) is 3.71. The van der Waals surface area contributed by atoms with E-state index >= 15 is 0 Å². The molecule has 182 valence electrons. The molecule has 3 rings (SSSR count). The first-order valence-corrected chi connectivity index (χ1v) is 12.0. The van der Waals surface area contributed by atoms with Crippen LogP contribution in [0.1, 0.15) is 23.4 Å². The van der Waals surface area contributed by atoms with Gasteiger partial charge in [0.05, 0.1) is 11.9 Å². The van der Waals surface area contributed by atoms with E-state index in [1.807, 2.05) is 36.1 Å². The van der Waals surface area contributed by atoms with Gasteiger partial charge >= 0.3 is 0 Å². The van der Waals surface area contributed by atoms with Crippen LogP contribution < -0.4 is 33.6 Å². The summed E-state index contributed by atoms with van der Waals surface area (Å²) in [5, 5.41) is 5.82. The van der Waals surface area contributed by atoms with E-state index in [0.717, 1.165) is 47.1 Å². The minimum absolute atomic E-state index is 0.0298. The number of aliphatic imine (C=N–C) groups is 1. The summed E-state index contributed by atoms with van der Waals surface area (Å²) in [4.78, 5) is 21.1. The van der Waals surface area contributed by atoms with Gasteiger partial charge in [0.2, 0.25) is 0 Å². The van der Waals surface area contributed by atoms with Gasteiger partial charge in [0, 0.05) is 55.1 Å². The maximum absolute atomic E-state index is 12.3. The summed E-state index contributed by atoms with van der Waals surface area (Å²) < 4.78 is 0. The molecule has 0 bridgehead atoms. The number of piperazine rings is 1. The highest BCUT2D eigenvalue weighted by molar-refractivity contribution is 7.15. The summed E-state index contributed by atoms with van der Waals surface area (Å²) in [5.41, 5.74) is 27.2. The van der Waals surface area contributed by atoms with Gasteiger partial charge in [0.25, 0.3) is 5.91 Å². The van der Waals surface area contributed by atoms with Crippen molar-refractivity contribution in [3.8, 4) is 10.4 Å². The molecule has 2 heterocycles. The highest BCUT2D eigenvalue weighted by Gasteiger charge is 2.18. The standard InChI is InChI=1S/C24H34N8OS/c1-15(19-7-8-20(34-19)17-6-4-3-5-16(17)14-25)31-23(28)18(22(27)24(33)29-2)13-21(26)32-11-9-30-10-12-32/h3-8,13,15,30H,9-12,14,25-27H2,1-2H3,(H2,28,31)(H,29,33)/b21-13+,22-18+/t15-/m1/s1. The molecule has 34 heavy (non-hydrogen) atoms. The Morgan fingerprint density at radius 2 is 1.91 bits per heavy atom. The summed E-state index contributed by atoms with van der Waals surface area (Å²) in [6.07, 6.45) is 1.64. The Bertz CT molecular complexity index is 1100. The van der Waals surface area contributed by atoms with Gasteiger partial charge in [-0.25, -0.2) is 0 Å². The molecular formula is C24H34N8OS. The number of nitrogens with one attached hydrogen (secondary N) is 2. The van der Waals surface area contributed by atoms with Gasteiger partial charge in [-0.3, -0.25) is 9.79 Å². The molecule has 0 spiro atoms. The zero-order valence-corrected chi connectivity index (χ0v) is 20.5. The summed E-state index contributed by atoms with van der Waals surface area (Å²) in [6, 6.07) is 11.9. The number of nitrogens with zero attached hydrogens (tertiary/aromatic N) is 2. The lowest BCUT2D eigenvalue weighted by molar-refractivity contribution is -0.117. The van der Waals surface area contributed by atoms with Crippen molar-refractivity contribution < 1.29 is 4.79 Å². The quantitative estimate of drug-likeness (QED) is 0.141. The Kier molecular flexibility index (Phi) is 8.69. The molecule has 1 aliphatic heterocycles. The van der Waals surface area contributed by atoms with E-state index in [1.54, 1.807) is 17.4 Å². The van der Waals surface area contributed by atoms with Crippen LogP contribution in [0.15, 0.2) is 64.6 Å². The Balaban J connectivity index is 1.91. The second-order valence-electron chi connectivity index (χ2n) is 7.97. The van der Waals surface area contributed by atoms with Crippen LogP contribution in [-0.2, 0) is 11.3 Å². The number of hydrogen-bond acceptors (Lipinski definition) is 8. The molecule has 1 atom stereocenters. The first kappa shape index (κ1) is 25.3. The molecule has 1 fully saturated rings. The molecule has 10 heteroatoms. The van der Waals surface area contributed by atoms with E-state index in [4.69, 9.17) is 22.9 Å². The van der Waals surface area contributed by atoms with Crippen LogP contribution in [-0.4, -0.2) is 49.9 Å². The van der Waals surface area contributed by atoms with E-state index in [2.05, 4.69) is 27.8 Å². The minimum atomic E-state index is -0.443. The third-order valence-electron chi connectivity index (χ3n) is 5.69. The largest absolute Gasteiger partial charge is 0.394 e. The van der Waals surface area contributed by atoms with Gasteiger partial charge in [-0.1, -0.05) is 24.3 Å². The van der Waals surface area contributed by atoms with Gasteiger partial charge in [-0.15, -0.1) is 11.3 Å². The summed E-state index contributed by atoms with van der Waals surface area (Å²) in [5.74, 6) is 0.205. The molecular weight excluding hydrogens is 448 g/mol. The number of nitrogens with two attached hydrogens (primary N) is 4. The average Bonchev–Trinajstić information content (AvgIpc) is 3.37. The molecule has 1 amide bonds. The Morgan fingerprint density at radius 1 is 1.21 bits per heavy atom. The van der Waals surface area contributed by atoms with Crippen molar-refractivity contribution >= 4 is 23.1 Å². The second-order valence-corrected chi connectivity index (χ2v) is 9.08. The molecule has 9 nitrogen and oxygen atoms in total. The van der Waals surface area contributed by atoms with Crippen molar-refractivity contribution in [1.82, 2.24) is 15.5 Å².